The van der Waals surface area contributed by atoms with Crippen LogP contribution < -0.4 is 5.32 Å². The van der Waals surface area contributed by atoms with E-state index in [0.29, 0.717) is 13.0 Å². The topological polar surface area (TPSA) is 62.3 Å². The summed E-state index contributed by atoms with van der Waals surface area (Å²) < 4.78 is 0. The zero-order valence-corrected chi connectivity index (χ0v) is 14.6. The molecule has 2 aromatic heterocycles. The molecule has 5 nitrogen and oxygen atoms in total. The SMILES string of the molecule is Cc1csc(C(Cc2cccs2)NC(=O)CN2CCCC2=O)n1. The maximum Gasteiger partial charge on any atom is 0.240 e. The molecular weight excluding hydrogens is 330 g/mol. The highest BCUT2D eigenvalue weighted by Gasteiger charge is 2.25. The molecule has 0 aliphatic carbocycles. The fourth-order valence-corrected chi connectivity index (χ4v) is 4.25. The number of carbonyl (C=O) groups is 2. The van der Waals surface area contributed by atoms with Gasteiger partial charge in [0.05, 0.1) is 12.6 Å². The molecule has 2 amide bonds. The van der Waals surface area contributed by atoms with E-state index < -0.39 is 0 Å². The van der Waals surface area contributed by atoms with Gasteiger partial charge in [-0.3, -0.25) is 9.59 Å². The fraction of sp³-hybridized carbons (Fsp3) is 0.438. The van der Waals surface area contributed by atoms with E-state index in [1.54, 1.807) is 27.6 Å². The van der Waals surface area contributed by atoms with E-state index in [1.165, 1.54) is 4.88 Å². The second kappa shape index (κ2) is 7.23. The van der Waals surface area contributed by atoms with Crippen LogP contribution in [-0.4, -0.2) is 34.8 Å². The first-order valence-electron chi connectivity index (χ1n) is 7.63. The van der Waals surface area contributed by atoms with E-state index in [0.717, 1.165) is 23.5 Å². The minimum absolute atomic E-state index is 0.0695. The molecule has 0 bridgehead atoms. The number of hydrogen-bond donors (Lipinski definition) is 1. The van der Waals surface area contributed by atoms with Crippen LogP contribution in [0.4, 0.5) is 0 Å². The number of amides is 2. The molecule has 1 aliphatic heterocycles. The van der Waals surface area contributed by atoms with E-state index in [2.05, 4.69) is 16.4 Å². The number of nitrogens with one attached hydrogen (secondary N) is 1. The lowest BCUT2D eigenvalue weighted by Gasteiger charge is -2.19. The van der Waals surface area contributed by atoms with Crippen molar-refractivity contribution in [3.8, 4) is 0 Å². The Bertz CT molecular complexity index is 681. The van der Waals surface area contributed by atoms with Gasteiger partial charge < -0.3 is 10.2 Å². The van der Waals surface area contributed by atoms with E-state index >= 15 is 0 Å². The maximum absolute atomic E-state index is 12.3. The van der Waals surface area contributed by atoms with Gasteiger partial charge in [-0.1, -0.05) is 6.07 Å². The first-order valence-corrected chi connectivity index (χ1v) is 9.39. The highest BCUT2D eigenvalue weighted by Crippen LogP contribution is 2.24. The lowest BCUT2D eigenvalue weighted by atomic mass is 10.2. The zero-order valence-electron chi connectivity index (χ0n) is 12.9. The molecule has 3 heterocycles. The van der Waals surface area contributed by atoms with Gasteiger partial charge in [0.2, 0.25) is 11.8 Å². The fourth-order valence-electron chi connectivity index (χ4n) is 2.65. The van der Waals surface area contributed by atoms with Crippen LogP contribution in [0.25, 0.3) is 0 Å². The van der Waals surface area contributed by atoms with Crippen LogP contribution in [0, 0.1) is 6.92 Å². The molecule has 1 N–H and O–H groups in total. The van der Waals surface area contributed by atoms with Crippen LogP contribution in [0.3, 0.4) is 0 Å². The Morgan fingerprint density at radius 3 is 2.96 bits per heavy atom. The van der Waals surface area contributed by atoms with Gasteiger partial charge in [-0.15, -0.1) is 22.7 Å². The standard InChI is InChI=1S/C16H19N3O2S2/c1-11-10-23-16(17-11)13(8-12-4-3-7-22-12)18-14(20)9-19-6-2-5-15(19)21/h3-4,7,10,13H,2,5-6,8-9H2,1H3,(H,18,20). The molecule has 7 heteroatoms. The Balaban J connectivity index is 1.67. The molecule has 1 aliphatic rings. The molecule has 1 fully saturated rings. The van der Waals surface area contributed by atoms with Crippen molar-refractivity contribution in [2.24, 2.45) is 0 Å². The molecule has 0 radical (unpaired) electrons. The van der Waals surface area contributed by atoms with Crippen molar-refractivity contribution in [3.63, 3.8) is 0 Å². The van der Waals surface area contributed by atoms with Crippen LogP contribution in [0.1, 0.15) is 34.5 Å². The Morgan fingerprint density at radius 2 is 2.35 bits per heavy atom. The van der Waals surface area contributed by atoms with Gasteiger partial charge in [0.15, 0.2) is 0 Å². The molecule has 122 valence electrons. The number of rotatable bonds is 6. The van der Waals surface area contributed by atoms with Gasteiger partial charge >= 0.3 is 0 Å². The Kier molecular flexibility index (Phi) is 5.07. The number of thiophene rings is 1. The summed E-state index contributed by atoms with van der Waals surface area (Å²) in [5.41, 5.74) is 0.963. The predicted molar refractivity (Wildman–Crippen MR) is 91.6 cm³/mol. The third kappa shape index (κ3) is 4.17. The number of hydrogen-bond acceptors (Lipinski definition) is 5. The Morgan fingerprint density at radius 1 is 1.48 bits per heavy atom. The van der Waals surface area contributed by atoms with Crippen molar-refractivity contribution < 1.29 is 9.59 Å². The summed E-state index contributed by atoms with van der Waals surface area (Å²) in [6, 6.07) is 3.93. The average molecular weight is 349 g/mol. The summed E-state index contributed by atoms with van der Waals surface area (Å²) in [5.74, 6) is -0.0466. The second-order valence-corrected chi connectivity index (χ2v) is 7.57. The average Bonchev–Trinajstić information content (AvgIpc) is 3.23. The number of aromatic nitrogens is 1. The molecule has 3 rings (SSSR count). The lowest BCUT2D eigenvalue weighted by molar-refractivity contribution is -0.133. The van der Waals surface area contributed by atoms with Crippen molar-refractivity contribution in [1.29, 1.82) is 0 Å². The monoisotopic (exact) mass is 349 g/mol. The highest BCUT2D eigenvalue weighted by atomic mass is 32.1. The molecule has 1 atom stereocenters. The largest absolute Gasteiger partial charge is 0.345 e. The van der Waals surface area contributed by atoms with Gasteiger partial charge in [0, 0.05) is 35.3 Å². The third-order valence-electron chi connectivity index (χ3n) is 3.76. The zero-order chi connectivity index (χ0) is 16.2. The van der Waals surface area contributed by atoms with Crippen LogP contribution >= 0.6 is 22.7 Å². The molecule has 0 spiro atoms. The Hall–Kier alpha value is -1.73. The number of likely N-dealkylation sites (tertiary alicyclic amines) is 1. The summed E-state index contributed by atoms with van der Waals surface area (Å²) in [5, 5.41) is 7.99. The Labute approximate surface area is 143 Å². The normalized spacial score (nSPS) is 15.9. The molecule has 0 saturated carbocycles. The van der Waals surface area contributed by atoms with Gasteiger partial charge in [-0.05, 0) is 24.8 Å². The van der Waals surface area contributed by atoms with Crippen molar-refractivity contribution >= 4 is 34.5 Å². The van der Waals surface area contributed by atoms with Crippen LogP contribution in [0.2, 0.25) is 0 Å². The number of aryl methyl sites for hydroxylation is 1. The smallest absolute Gasteiger partial charge is 0.240 e. The van der Waals surface area contributed by atoms with Crippen LogP contribution in [0.5, 0.6) is 0 Å². The van der Waals surface area contributed by atoms with Crippen molar-refractivity contribution in [2.45, 2.75) is 32.2 Å². The molecule has 1 unspecified atom stereocenters. The molecule has 1 saturated heterocycles. The summed E-state index contributed by atoms with van der Waals surface area (Å²) >= 11 is 3.24. The van der Waals surface area contributed by atoms with Crippen LogP contribution in [-0.2, 0) is 16.0 Å². The van der Waals surface area contributed by atoms with Gasteiger partial charge in [0.1, 0.15) is 5.01 Å². The van der Waals surface area contributed by atoms with Crippen LogP contribution in [0.15, 0.2) is 22.9 Å². The maximum atomic E-state index is 12.3. The van der Waals surface area contributed by atoms with Crippen molar-refractivity contribution in [1.82, 2.24) is 15.2 Å². The number of thiazole rings is 1. The van der Waals surface area contributed by atoms with E-state index in [4.69, 9.17) is 0 Å². The highest BCUT2D eigenvalue weighted by molar-refractivity contribution is 7.10. The summed E-state index contributed by atoms with van der Waals surface area (Å²) in [6.45, 7) is 2.77. The number of carbonyl (C=O) groups excluding carboxylic acids is 2. The molecule has 2 aromatic rings. The second-order valence-electron chi connectivity index (χ2n) is 5.65. The third-order valence-corrected chi connectivity index (χ3v) is 5.74. The minimum Gasteiger partial charge on any atom is -0.345 e. The predicted octanol–water partition coefficient (Wildman–Crippen LogP) is 2.54. The molecule has 23 heavy (non-hydrogen) atoms. The minimum atomic E-state index is -0.141. The quantitative estimate of drug-likeness (QED) is 0.872. The van der Waals surface area contributed by atoms with Crippen molar-refractivity contribution in [2.75, 3.05) is 13.1 Å². The van der Waals surface area contributed by atoms with E-state index in [1.807, 2.05) is 23.8 Å². The first-order chi connectivity index (χ1) is 11.1. The summed E-state index contributed by atoms with van der Waals surface area (Å²) in [4.78, 5) is 31.4. The van der Waals surface area contributed by atoms with Gasteiger partial charge in [-0.25, -0.2) is 4.98 Å². The van der Waals surface area contributed by atoms with Crippen molar-refractivity contribution in [3.05, 3.63) is 38.5 Å². The lowest BCUT2D eigenvalue weighted by Crippen LogP contribution is -2.39. The summed E-state index contributed by atoms with van der Waals surface area (Å²) in [6.07, 6.45) is 2.12. The number of nitrogens with zero attached hydrogens (tertiary/aromatic N) is 2. The van der Waals surface area contributed by atoms with Gasteiger partial charge in [0.25, 0.3) is 0 Å². The molecular formula is C16H19N3O2S2. The molecule has 0 aromatic carbocycles. The summed E-state index contributed by atoms with van der Waals surface area (Å²) in [7, 11) is 0. The van der Waals surface area contributed by atoms with Gasteiger partial charge in [-0.2, -0.15) is 0 Å². The first kappa shape index (κ1) is 16.1. The van der Waals surface area contributed by atoms with E-state index in [-0.39, 0.29) is 24.4 Å². The van der Waals surface area contributed by atoms with E-state index in [9.17, 15) is 9.59 Å².